The molecule has 0 spiro atoms. The lowest BCUT2D eigenvalue weighted by atomic mass is 9.86. The number of aryl methyl sites for hydroxylation is 4. The number of sulfone groups is 2. The topological polar surface area (TPSA) is 278 Å². The number of nitrogens with zero attached hydrogens (tertiary/aromatic N) is 11. The Kier molecular flexibility index (Phi) is 22.9. The molecule has 0 radical (unpaired) electrons. The van der Waals surface area contributed by atoms with Crippen LogP contribution in [0.2, 0.25) is 10.0 Å². The number of benzene rings is 2. The van der Waals surface area contributed by atoms with Gasteiger partial charge in [-0.2, -0.15) is 20.2 Å². The smallest absolute Gasteiger partial charge is 0.236 e. The van der Waals surface area contributed by atoms with Gasteiger partial charge in [0.1, 0.15) is 21.5 Å². The molecular formula is C60H83BrCl2N16O8S2. The maximum Gasteiger partial charge on any atom is 0.236 e. The Morgan fingerprint density at radius 2 is 1.03 bits per heavy atom. The van der Waals surface area contributed by atoms with E-state index in [1.807, 2.05) is 0 Å². The minimum Gasteiger partial charge on any atom is -0.488 e. The maximum atomic E-state index is 12.9. The summed E-state index contributed by atoms with van der Waals surface area (Å²) in [5, 5.41) is 24.0. The Labute approximate surface area is 541 Å². The quantitative estimate of drug-likeness (QED) is 0.0419. The van der Waals surface area contributed by atoms with Crippen LogP contribution in [-0.4, -0.2) is 172 Å². The third kappa shape index (κ3) is 18.0. The molecule has 29 heteroatoms. The van der Waals surface area contributed by atoms with Crippen LogP contribution < -0.4 is 36.1 Å². The molecule has 10 rings (SSSR count). The average molecular weight is 1370 g/mol. The fraction of sp³-hybridized carbons (Fsp3) is 0.533. The predicted molar refractivity (Wildman–Crippen MR) is 352 cm³/mol. The van der Waals surface area contributed by atoms with Crippen molar-refractivity contribution in [1.82, 2.24) is 59.5 Å². The summed E-state index contributed by atoms with van der Waals surface area (Å²) in [6.45, 7) is 14.9. The van der Waals surface area contributed by atoms with Crippen molar-refractivity contribution in [3.05, 3.63) is 81.4 Å². The number of ether oxygens (including phenoxy) is 2. The lowest BCUT2D eigenvalue weighted by Crippen LogP contribution is -2.40. The van der Waals surface area contributed by atoms with Gasteiger partial charge >= 0.3 is 0 Å². The number of hydrogen-bond donors (Lipinski definition) is 5. The van der Waals surface area contributed by atoms with Gasteiger partial charge in [0.15, 0.2) is 11.6 Å². The van der Waals surface area contributed by atoms with Gasteiger partial charge in [0.25, 0.3) is 0 Å². The number of nitrogens with one attached hydrogen (secondary N) is 5. The highest BCUT2D eigenvalue weighted by Gasteiger charge is 2.32. The number of rotatable bonds is 21. The minimum atomic E-state index is -3.65. The van der Waals surface area contributed by atoms with Gasteiger partial charge in [0.05, 0.1) is 69.7 Å². The second-order valence-electron chi connectivity index (χ2n) is 23.8. The number of aromatic nitrogens is 8. The van der Waals surface area contributed by atoms with Crippen LogP contribution in [0.3, 0.4) is 0 Å². The molecule has 484 valence electrons. The van der Waals surface area contributed by atoms with Gasteiger partial charge in [-0.25, -0.2) is 26.8 Å². The molecule has 4 aliphatic rings. The normalized spacial score (nSPS) is 15.8. The molecule has 6 aromatic rings. The van der Waals surface area contributed by atoms with E-state index in [1.54, 1.807) is 87.3 Å². The molecule has 5 N–H and O–H groups in total. The average Bonchev–Trinajstić information content (AvgIpc) is 2.35. The zero-order chi connectivity index (χ0) is 64.6. The molecule has 6 heterocycles. The van der Waals surface area contributed by atoms with Crippen LogP contribution >= 0.6 is 39.1 Å². The summed E-state index contributed by atoms with van der Waals surface area (Å²) in [7, 11) is 3.07. The van der Waals surface area contributed by atoms with E-state index < -0.39 is 30.2 Å². The van der Waals surface area contributed by atoms with Gasteiger partial charge in [0.2, 0.25) is 53.4 Å². The summed E-state index contributed by atoms with van der Waals surface area (Å²) in [6, 6.07) is 8.46. The van der Waals surface area contributed by atoms with Crippen LogP contribution in [0.4, 0.5) is 46.3 Å². The van der Waals surface area contributed by atoms with Crippen LogP contribution in [-0.2, 0) is 43.4 Å². The first-order chi connectivity index (χ1) is 42.1. The standard InChI is InChI=1S/C30H41ClN8O4S.C26H34ClN7O3S.C4H8BrNO/c1-18(2)44(41,42)29-25(16-38(6)36-29)33-28-23(31)15-32-30(35-28)34-24-13-19(3)22(14-26(24)43-21-7-8-21)20-9-11-39(12-10-20)17-27(40)37(4)5;1-15(2)38(35,36)25-22(14-34(4)33-25)30-24-20(27)13-29-26(32-24)31-21-11-16(3)19(17-7-9-28-10-8-17)12-23(21)37-18-5-6-18;1-6(2)4(7)3-5/h13-16,18,20-21H,7-12,17H2,1-6H3,(H2,32,33,34,35);11-15,17-18,28H,5-10H2,1-4H3,(H2,29,30,31,32);3H2,1-2H3. The number of piperidine rings is 2. The van der Waals surface area contributed by atoms with Crippen molar-refractivity contribution in [3.8, 4) is 11.5 Å². The lowest BCUT2D eigenvalue weighted by Gasteiger charge is -2.33. The monoisotopic (exact) mass is 1370 g/mol. The third-order valence-electron chi connectivity index (χ3n) is 15.5. The second-order valence-corrected chi connectivity index (χ2v) is 30.1. The van der Waals surface area contributed by atoms with E-state index in [0.717, 1.165) is 106 Å². The number of halogens is 3. The molecule has 2 aliphatic heterocycles. The SMILES string of the molecule is CN(C)C(=O)CBr.Cc1cc(Nc2ncc(Cl)c(Nc3cn(C)nc3S(=O)(=O)C(C)C)n2)c(OC2CC2)cc1C1CCN(CC(=O)N(C)C)CC1.Cc1cc(Nc2ncc(Cl)c(Nc3cn(C)nc3S(=O)(=O)C(C)C)n2)c(OC2CC2)cc1C1CCNCC1. The van der Waals surface area contributed by atoms with E-state index in [2.05, 4.69) is 116 Å². The van der Waals surface area contributed by atoms with Crippen molar-refractivity contribution in [2.24, 2.45) is 14.1 Å². The number of alkyl halides is 1. The molecule has 89 heavy (non-hydrogen) atoms. The molecule has 24 nitrogen and oxygen atoms in total. The highest BCUT2D eigenvalue weighted by molar-refractivity contribution is 9.09. The fourth-order valence-electron chi connectivity index (χ4n) is 9.90. The molecule has 0 bridgehead atoms. The highest BCUT2D eigenvalue weighted by atomic mass is 79.9. The predicted octanol–water partition coefficient (Wildman–Crippen LogP) is 9.97. The van der Waals surface area contributed by atoms with Crippen molar-refractivity contribution in [3.63, 3.8) is 0 Å². The molecule has 0 unspecified atom stereocenters. The Morgan fingerprint density at radius 1 is 0.629 bits per heavy atom. The Morgan fingerprint density at radius 3 is 1.39 bits per heavy atom. The van der Waals surface area contributed by atoms with E-state index in [1.165, 1.54) is 43.3 Å². The molecule has 4 fully saturated rings. The van der Waals surface area contributed by atoms with E-state index >= 15 is 0 Å². The summed E-state index contributed by atoms with van der Waals surface area (Å²) in [4.78, 5) is 45.8. The summed E-state index contributed by atoms with van der Waals surface area (Å²) in [5.41, 5.74) is 6.99. The van der Waals surface area contributed by atoms with Gasteiger partial charge in [0, 0.05) is 54.7 Å². The summed E-state index contributed by atoms with van der Waals surface area (Å²) in [5.74, 6) is 3.73. The molecule has 2 aliphatic carbocycles. The summed E-state index contributed by atoms with van der Waals surface area (Å²) >= 11 is 15.9. The Hall–Kier alpha value is -6.36. The largest absolute Gasteiger partial charge is 0.488 e. The molecule has 4 aromatic heterocycles. The fourth-order valence-corrected chi connectivity index (χ4v) is 12.9. The zero-order valence-electron chi connectivity index (χ0n) is 52.6. The molecule has 2 saturated carbocycles. The van der Waals surface area contributed by atoms with E-state index in [9.17, 15) is 26.4 Å². The van der Waals surface area contributed by atoms with Crippen molar-refractivity contribution in [2.45, 2.75) is 138 Å². The van der Waals surface area contributed by atoms with Crippen LogP contribution in [0.5, 0.6) is 11.5 Å². The van der Waals surface area contributed by atoms with Crippen molar-refractivity contribution < 1.29 is 35.9 Å². The van der Waals surface area contributed by atoms with E-state index in [4.69, 9.17) is 32.7 Å². The van der Waals surface area contributed by atoms with E-state index in [-0.39, 0.29) is 67.4 Å². The van der Waals surface area contributed by atoms with Gasteiger partial charge < -0.3 is 45.9 Å². The number of amides is 2. The molecule has 2 saturated heterocycles. The number of anilines is 8. The summed E-state index contributed by atoms with van der Waals surface area (Å²) < 4.78 is 67.0. The van der Waals surface area contributed by atoms with Crippen molar-refractivity contribution in [2.75, 3.05) is 87.5 Å². The first kappa shape index (κ1) is 68.5. The highest BCUT2D eigenvalue weighted by Crippen LogP contribution is 2.42. The second kappa shape index (κ2) is 29.7. The van der Waals surface area contributed by atoms with Gasteiger partial charge in [-0.3, -0.25) is 23.9 Å². The number of carbonyl (C=O) groups is 2. The van der Waals surface area contributed by atoms with Crippen molar-refractivity contribution >= 4 is 117 Å². The van der Waals surface area contributed by atoms with Crippen molar-refractivity contribution in [1.29, 1.82) is 0 Å². The number of carbonyl (C=O) groups excluding carboxylic acids is 2. The number of likely N-dealkylation sites (N-methyl/N-ethyl adjacent to an activating group) is 1. The lowest BCUT2D eigenvalue weighted by molar-refractivity contribution is -0.130. The number of hydrogen-bond acceptors (Lipinski definition) is 20. The third-order valence-corrected chi connectivity index (χ3v) is 20.7. The maximum absolute atomic E-state index is 12.9. The molecule has 0 atom stereocenters. The number of likely N-dealkylation sites (tertiary alicyclic amines) is 1. The summed E-state index contributed by atoms with van der Waals surface area (Å²) in [6.07, 6.45) is 14.8. The van der Waals surface area contributed by atoms with Crippen LogP contribution in [0.15, 0.2) is 59.1 Å². The zero-order valence-corrected chi connectivity index (χ0v) is 57.3. The van der Waals surface area contributed by atoms with Gasteiger partial charge in [-0.15, -0.1) is 0 Å². The van der Waals surface area contributed by atoms with Crippen LogP contribution in [0.1, 0.15) is 113 Å². The molecule has 2 amide bonds. The Bertz CT molecular complexity index is 3710. The minimum absolute atomic E-state index is 0.0524. The first-order valence-corrected chi connectivity index (χ1v) is 34.8. The van der Waals surface area contributed by atoms with E-state index in [0.29, 0.717) is 35.3 Å². The van der Waals surface area contributed by atoms with Gasteiger partial charge in [-0.05, 0) is 177 Å². The van der Waals surface area contributed by atoms with Crippen LogP contribution in [0.25, 0.3) is 0 Å². The Balaban J connectivity index is 0.000000209. The van der Waals surface area contributed by atoms with Crippen LogP contribution in [0, 0.1) is 13.8 Å². The molecular weight excluding hydrogens is 1290 g/mol. The first-order valence-electron chi connectivity index (χ1n) is 29.8. The van der Waals surface area contributed by atoms with Gasteiger partial charge in [-0.1, -0.05) is 39.1 Å². The molecule has 2 aromatic carbocycles.